The van der Waals surface area contributed by atoms with E-state index in [2.05, 4.69) is 26.3 Å². The van der Waals surface area contributed by atoms with Crippen molar-refractivity contribution in [1.29, 1.82) is 5.26 Å². The largest absolute Gasteiger partial charge is 0.463 e. The van der Waals surface area contributed by atoms with Gasteiger partial charge >= 0.3 is 0 Å². The summed E-state index contributed by atoms with van der Waals surface area (Å²) in [7, 11) is 0. The molecule has 0 radical (unpaired) electrons. The van der Waals surface area contributed by atoms with Crippen LogP contribution in [0.15, 0.2) is 22.8 Å². The van der Waals surface area contributed by atoms with E-state index in [0.717, 1.165) is 25.9 Å². The summed E-state index contributed by atoms with van der Waals surface area (Å²) in [5.74, 6) is 1.22. The monoisotopic (exact) mass is 312 g/mol. The first-order valence-electron chi connectivity index (χ1n) is 7.86. The van der Waals surface area contributed by atoms with Crippen LogP contribution in [0.3, 0.4) is 0 Å². The van der Waals surface area contributed by atoms with Gasteiger partial charge in [-0.05, 0) is 44.9 Å². The van der Waals surface area contributed by atoms with Gasteiger partial charge in [-0.2, -0.15) is 10.2 Å². The number of piperidine rings is 1. The summed E-state index contributed by atoms with van der Waals surface area (Å²) in [6.45, 7) is 3.73. The predicted molar refractivity (Wildman–Crippen MR) is 87.5 cm³/mol. The smallest absolute Gasteiger partial charge is 0.222 e. The van der Waals surface area contributed by atoms with E-state index in [9.17, 15) is 5.26 Å². The first-order chi connectivity index (χ1) is 11.2. The van der Waals surface area contributed by atoms with Gasteiger partial charge in [-0.1, -0.05) is 0 Å². The zero-order valence-electron chi connectivity index (χ0n) is 13.1. The van der Waals surface area contributed by atoms with Gasteiger partial charge in [-0.25, -0.2) is 4.98 Å². The average molecular weight is 312 g/mol. The van der Waals surface area contributed by atoms with Crippen molar-refractivity contribution in [2.24, 2.45) is 0 Å². The Balaban J connectivity index is 2.08. The van der Waals surface area contributed by atoms with Crippen molar-refractivity contribution in [3.63, 3.8) is 0 Å². The van der Waals surface area contributed by atoms with Crippen molar-refractivity contribution in [3.05, 3.63) is 24.0 Å². The third-order valence-corrected chi connectivity index (χ3v) is 4.05. The molecular weight excluding hydrogens is 292 g/mol. The highest BCUT2D eigenvalue weighted by Crippen LogP contribution is 2.30. The third kappa shape index (κ3) is 2.98. The minimum atomic E-state index is 0.139. The van der Waals surface area contributed by atoms with Gasteiger partial charge in [0.15, 0.2) is 11.6 Å². The van der Waals surface area contributed by atoms with Crippen molar-refractivity contribution < 1.29 is 4.42 Å². The molecule has 0 amide bonds. The summed E-state index contributed by atoms with van der Waals surface area (Å²) in [5, 5.41) is 13.2. The number of nitrogens with zero attached hydrogens (tertiary/aromatic N) is 4. The fourth-order valence-electron chi connectivity index (χ4n) is 2.99. The molecule has 3 heterocycles. The summed E-state index contributed by atoms with van der Waals surface area (Å²) in [5.41, 5.74) is 6.72. The standard InChI is InChI=1S/C16H20N6O/c1-2-22(13-7-3-4-8-19-13)15-11(10-17)14(20-16(18)21-15)12-6-5-9-23-12/h5-6,9,13,19H,2-4,7-8H2,1H3,(H2,18,20,21). The molecule has 0 aromatic carbocycles. The SMILES string of the molecule is CCN(c1nc(N)nc(-c2ccco2)c1C#N)C1CCCCN1. The lowest BCUT2D eigenvalue weighted by Crippen LogP contribution is -2.49. The Kier molecular flexibility index (Phi) is 4.44. The van der Waals surface area contributed by atoms with Crippen molar-refractivity contribution in [2.75, 3.05) is 23.7 Å². The van der Waals surface area contributed by atoms with E-state index in [1.54, 1.807) is 18.4 Å². The Bertz CT molecular complexity index is 700. The van der Waals surface area contributed by atoms with Gasteiger partial charge in [0.1, 0.15) is 17.3 Å². The highest BCUT2D eigenvalue weighted by molar-refractivity contribution is 5.72. The van der Waals surface area contributed by atoms with Crippen molar-refractivity contribution >= 4 is 11.8 Å². The number of rotatable bonds is 4. The first kappa shape index (κ1) is 15.3. The number of nitrogen functional groups attached to an aromatic ring is 1. The Morgan fingerprint density at radius 3 is 2.96 bits per heavy atom. The molecular formula is C16H20N6O. The minimum absolute atomic E-state index is 0.139. The van der Waals surface area contributed by atoms with Crippen LogP contribution < -0.4 is 16.0 Å². The van der Waals surface area contributed by atoms with Crippen LogP contribution in [0.25, 0.3) is 11.5 Å². The van der Waals surface area contributed by atoms with Gasteiger partial charge in [0.25, 0.3) is 0 Å². The number of aromatic nitrogens is 2. The van der Waals surface area contributed by atoms with Crippen molar-refractivity contribution in [3.8, 4) is 17.5 Å². The molecule has 3 rings (SSSR count). The van der Waals surface area contributed by atoms with Gasteiger partial charge in [0, 0.05) is 6.54 Å². The van der Waals surface area contributed by atoms with Crippen LogP contribution in [0, 0.1) is 11.3 Å². The maximum atomic E-state index is 9.67. The number of nitrogens with two attached hydrogens (primary N) is 1. The molecule has 23 heavy (non-hydrogen) atoms. The molecule has 0 bridgehead atoms. The molecule has 2 aromatic rings. The van der Waals surface area contributed by atoms with Crippen LogP contribution >= 0.6 is 0 Å². The lowest BCUT2D eigenvalue weighted by molar-refractivity contribution is 0.386. The fourth-order valence-corrected chi connectivity index (χ4v) is 2.99. The van der Waals surface area contributed by atoms with Crippen LogP contribution in [-0.2, 0) is 0 Å². The molecule has 0 aliphatic carbocycles. The van der Waals surface area contributed by atoms with E-state index in [-0.39, 0.29) is 12.1 Å². The zero-order valence-corrected chi connectivity index (χ0v) is 13.1. The van der Waals surface area contributed by atoms with Gasteiger partial charge < -0.3 is 15.1 Å². The number of nitriles is 1. The second kappa shape index (κ2) is 6.67. The molecule has 0 saturated carbocycles. The van der Waals surface area contributed by atoms with Crippen LogP contribution in [0.1, 0.15) is 31.7 Å². The summed E-state index contributed by atoms with van der Waals surface area (Å²) in [6, 6.07) is 5.75. The molecule has 1 atom stereocenters. The number of anilines is 2. The van der Waals surface area contributed by atoms with Crippen LogP contribution in [0.2, 0.25) is 0 Å². The molecule has 0 spiro atoms. The third-order valence-electron chi connectivity index (χ3n) is 4.05. The van der Waals surface area contributed by atoms with E-state index < -0.39 is 0 Å². The van der Waals surface area contributed by atoms with Gasteiger partial charge in [0.2, 0.25) is 5.95 Å². The topological polar surface area (TPSA) is 104 Å². The molecule has 2 aromatic heterocycles. The highest BCUT2D eigenvalue weighted by Gasteiger charge is 2.26. The molecule has 120 valence electrons. The Morgan fingerprint density at radius 1 is 1.48 bits per heavy atom. The fraction of sp³-hybridized carbons (Fsp3) is 0.438. The van der Waals surface area contributed by atoms with Crippen molar-refractivity contribution in [1.82, 2.24) is 15.3 Å². The second-order valence-electron chi connectivity index (χ2n) is 5.47. The number of furan rings is 1. The van der Waals surface area contributed by atoms with E-state index in [0.29, 0.717) is 22.8 Å². The van der Waals surface area contributed by atoms with Crippen LogP contribution in [-0.4, -0.2) is 29.2 Å². The molecule has 3 N–H and O–H groups in total. The van der Waals surface area contributed by atoms with Gasteiger partial charge in [-0.15, -0.1) is 0 Å². The average Bonchev–Trinajstić information content (AvgIpc) is 3.10. The number of hydrogen-bond acceptors (Lipinski definition) is 7. The molecule has 1 aliphatic rings. The van der Waals surface area contributed by atoms with E-state index >= 15 is 0 Å². The van der Waals surface area contributed by atoms with Crippen molar-refractivity contribution in [2.45, 2.75) is 32.4 Å². The Hall–Kier alpha value is -2.59. The summed E-state index contributed by atoms with van der Waals surface area (Å²) in [4.78, 5) is 10.6. The maximum Gasteiger partial charge on any atom is 0.222 e. The minimum Gasteiger partial charge on any atom is -0.463 e. The van der Waals surface area contributed by atoms with E-state index in [1.165, 1.54) is 6.42 Å². The molecule has 7 heteroatoms. The molecule has 1 saturated heterocycles. The van der Waals surface area contributed by atoms with Crippen LogP contribution in [0.4, 0.5) is 11.8 Å². The van der Waals surface area contributed by atoms with E-state index in [4.69, 9.17) is 10.2 Å². The van der Waals surface area contributed by atoms with Gasteiger partial charge in [-0.3, -0.25) is 5.32 Å². The predicted octanol–water partition coefficient (Wildman–Crippen LogP) is 2.12. The second-order valence-corrected chi connectivity index (χ2v) is 5.47. The highest BCUT2D eigenvalue weighted by atomic mass is 16.3. The quantitative estimate of drug-likeness (QED) is 0.891. The zero-order chi connectivity index (χ0) is 16.2. The van der Waals surface area contributed by atoms with Gasteiger partial charge in [0.05, 0.1) is 12.4 Å². The normalized spacial score (nSPS) is 17.7. The summed E-state index contributed by atoms with van der Waals surface area (Å²) in [6.07, 6.45) is 5.04. The number of hydrogen-bond donors (Lipinski definition) is 2. The Morgan fingerprint density at radius 2 is 2.35 bits per heavy atom. The first-order valence-corrected chi connectivity index (χ1v) is 7.86. The molecule has 1 unspecified atom stereocenters. The summed E-state index contributed by atoms with van der Waals surface area (Å²) < 4.78 is 5.40. The maximum absolute atomic E-state index is 9.67. The Labute approximate surface area is 135 Å². The lowest BCUT2D eigenvalue weighted by atomic mass is 10.1. The molecule has 1 fully saturated rings. The summed E-state index contributed by atoms with van der Waals surface area (Å²) >= 11 is 0. The lowest BCUT2D eigenvalue weighted by Gasteiger charge is -2.35. The number of nitrogens with one attached hydrogen (secondary N) is 1. The molecule has 1 aliphatic heterocycles. The van der Waals surface area contributed by atoms with Crippen LogP contribution in [0.5, 0.6) is 0 Å². The molecule has 7 nitrogen and oxygen atoms in total. The van der Waals surface area contributed by atoms with E-state index in [1.807, 2.05) is 6.92 Å².